The van der Waals surface area contributed by atoms with Gasteiger partial charge in [0.1, 0.15) is 24.7 Å². The lowest BCUT2D eigenvalue weighted by molar-refractivity contribution is 0.201. The summed E-state index contributed by atoms with van der Waals surface area (Å²) >= 11 is 0. The van der Waals surface area contributed by atoms with Crippen molar-refractivity contribution in [3.05, 3.63) is 59.7 Å². The third kappa shape index (κ3) is 4.16. The molecule has 2 aromatic carbocycles. The molecule has 0 bridgehead atoms. The normalized spacial score (nSPS) is 20.9. The van der Waals surface area contributed by atoms with Crippen LogP contribution in [0.2, 0.25) is 0 Å². The topological polar surface area (TPSA) is 71.3 Å². The molecule has 0 amide bonds. The van der Waals surface area contributed by atoms with Crippen LogP contribution in [0.15, 0.2) is 53.5 Å². The lowest BCUT2D eigenvalue weighted by atomic mass is 9.59. The van der Waals surface area contributed by atoms with Crippen molar-refractivity contribution in [2.75, 3.05) is 26.4 Å². The maximum absolute atomic E-state index is 8.93. The van der Waals surface area contributed by atoms with Gasteiger partial charge in [0, 0.05) is 11.6 Å². The van der Waals surface area contributed by atoms with Gasteiger partial charge in [0.25, 0.3) is 0 Å². The SMILES string of the molecule is CCC1(c2ccc(OCCO)cc2)C=NC1C(C)(C)c1ccc(OCCO)cc1. The molecule has 29 heavy (non-hydrogen) atoms. The second-order valence-electron chi connectivity index (χ2n) is 7.99. The molecule has 0 saturated heterocycles. The molecule has 2 N–H and O–H groups in total. The highest BCUT2D eigenvalue weighted by Gasteiger charge is 2.51. The minimum atomic E-state index is -0.160. The summed E-state index contributed by atoms with van der Waals surface area (Å²) in [6, 6.07) is 16.4. The Hall–Kier alpha value is -2.37. The van der Waals surface area contributed by atoms with Gasteiger partial charge in [0.15, 0.2) is 0 Å². The first-order valence-corrected chi connectivity index (χ1v) is 10.2. The Bertz CT molecular complexity index is 814. The zero-order valence-electron chi connectivity index (χ0n) is 17.5. The standard InChI is InChI=1S/C24H31NO4/c1-4-24(19-7-11-21(12-8-19)29-16-14-27)17-25-22(24)23(2,3)18-5-9-20(10-6-18)28-15-13-26/h5-12,17,22,26-27H,4,13-16H2,1-3H3. The van der Waals surface area contributed by atoms with E-state index in [1.54, 1.807) is 0 Å². The quantitative estimate of drug-likeness (QED) is 0.644. The molecule has 1 aliphatic heterocycles. The number of benzene rings is 2. The van der Waals surface area contributed by atoms with Crippen LogP contribution >= 0.6 is 0 Å². The predicted molar refractivity (Wildman–Crippen MR) is 115 cm³/mol. The van der Waals surface area contributed by atoms with E-state index in [1.807, 2.05) is 24.3 Å². The maximum Gasteiger partial charge on any atom is 0.119 e. The van der Waals surface area contributed by atoms with Crippen LogP contribution in [0, 0.1) is 0 Å². The summed E-state index contributed by atoms with van der Waals surface area (Å²) in [5, 5.41) is 17.8. The molecule has 0 spiro atoms. The molecule has 2 atom stereocenters. The lowest BCUT2D eigenvalue weighted by Crippen LogP contribution is -2.56. The van der Waals surface area contributed by atoms with Crippen LogP contribution < -0.4 is 9.47 Å². The van der Waals surface area contributed by atoms with Gasteiger partial charge >= 0.3 is 0 Å². The van der Waals surface area contributed by atoms with Gasteiger partial charge in [-0.15, -0.1) is 0 Å². The largest absolute Gasteiger partial charge is 0.491 e. The molecule has 1 aliphatic rings. The second kappa shape index (κ2) is 8.97. The Labute approximate surface area is 173 Å². The molecule has 0 saturated carbocycles. The number of hydrogen-bond donors (Lipinski definition) is 2. The van der Waals surface area contributed by atoms with E-state index in [0.29, 0.717) is 13.2 Å². The van der Waals surface area contributed by atoms with E-state index in [2.05, 4.69) is 51.3 Å². The van der Waals surface area contributed by atoms with Gasteiger partial charge in [-0.25, -0.2) is 0 Å². The molecular formula is C24H31NO4. The highest BCUT2D eigenvalue weighted by molar-refractivity contribution is 5.82. The van der Waals surface area contributed by atoms with E-state index >= 15 is 0 Å². The van der Waals surface area contributed by atoms with E-state index in [9.17, 15) is 0 Å². The van der Waals surface area contributed by atoms with Crippen LogP contribution in [-0.2, 0) is 10.8 Å². The summed E-state index contributed by atoms with van der Waals surface area (Å²) in [5.41, 5.74) is 2.15. The molecule has 0 fully saturated rings. The number of aliphatic hydroxyl groups excluding tert-OH is 2. The number of ether oxygens (including phenoxy) is 2. The van der Waals surface area contributed by atoms with Crippen molar-refractivity contribution in [1.29, 1.82) is 0 Å². The Morgan fingerprint density at radius 1 is 0.897 bits per heavy atom. The molecule has 5 nitrogen and oxygen atoms in total. The van der Waals surface area contributed by atoms with Gasteiger partial charge in [-0.1, -0.05) is 45.0 Å². The first-order valence-electron chi connectivity index (χ1n) is 10.2. The Balaban J connectivity index is 1.82. The van der Waals surface area contributed by atoms with Crippen LogP contribution in [0.25, 0.3) is 0 Å². The monoisotopic (exact) mass is 397 g/mol. The lowest BCUT2D eigenvalue weighted by Gasteiger charge is -2.50. The average Bonchev–Trinajstić information content (AvgIpc) is 2.71. The van der Waals surface area contributed by atoms with Gasteiger partial charge in [-0.2, -0.15) is 0 Å². The smallest absolute Gasteiger partial charge is 0.119 e. The molecule has 0 aromatic heterocycles. The van der Waals surface area contributed by atoms with Gasteiger partial charge in [-0.3, -0.25) is 4.99 Å². The van der Waals surface area contributed by atoms with E-state index in [-0.39, 0.29) is 30.1 Å². The maximum atomic E-state index is 8.93. The average molecular weight is 398 g/mol. The van der Waals surface area contributed by atoms with Crippen molar-refractivity contribution in [3.63, 3.8) is 0 Å². The molecular weight excluding hydrogens is 366 g/mol. The summed E-state index contributed by atoms with van der Waals surface area (Å²) in [6.07, 6.45) is 3.04. The molecule has 0 aliphatic carbocycles. The van der Waals surface area contributed by atoms with Gasteiger partial charge < -0.3 is 19.7 Å². The van der Waals surface area contributed by atoms with E-state index < -0.39 is 0 Å². The van der Waals surface area contributed by atoms with E-state index in [4.69, 9.17) is 24.7 Å². The van der Waals surface area contributed by atoms with Gasteiger partial charge in [0.2, 0.25) is 0 Å². The van der Waals surface area contributed by atoms with Gasteiger partial charge in [-0.05, 0) is 41.8 Å². The fourth-order valence-electron chi connectivity index (χ4n) is 4.21. The highest BCUT2D eigenvalue weighted by Crippen LogP contribution is 2.47. The molecule has 0 radical (unpaired) electrons. The molecule has 5 heteroatoms. The third-order valence-electron chi connectivity index (χ3n) is 5.92. The van der Waals surface area contributed by atoms with Crippen molar-refractivity contribution in [2.45, 2.75) is 44.1 Å². The number of aliphatic imine (C=N–C) groups is 1. The molecule has 2 aromatic rings. The number of nitrogens with zero attached hydrogens (tertiary/aromatic N) is 1. The van der Waals surface area contributed by atoms with Crippen molar-refractivity contribution >= 4 is 6.21 Å². The minimum Gasteiger partial charge on any atom is -0.491 e. The Kier molecular flexibility index (Phi) is 6.60. The number of aliphatic hydroxyl groups is 2. The fraction of sp³-hybridized carbons (Fsp3) is 0.458. The summed E-state index contributed by atoms with van der Waals surface area (Å²) in [6.45, 7) is 7.29. The first-order chi connectivity index (χ1) is 14.0. The summed E-state index contributed by atoms with van der Waals surface area (Å²) in [5.74, 6) is 1.52. The third-order valence-corrected chi connectivity index (χ3v) is 5.92. The van der Waals surface area contributed by atoms with Gasteiger partial charge in [0.05, 0.1) is 24.7 Å². The zero-order chi connectivity index (χ0) is 20.9. The van der Waals surface area contributed by atoms with E-state index in [1.165, 1.54) is 11.1 Å². The minimum absolute atomic E-state index is 0.00683. The van der Waals surface area contributed by atoms with Crippen molar-refractivity contribution in [3.8, 4) is 11.5 Å². The Morgan fingerprint density at radius 3 is 1.83 bits per heavy atom. The summed E-state index contributed by atoms with van der Waals surface area (Å²) in [4.78, 5) is 4.81. The van der Waals surface area contributed by atoms with Crippen molar-refractivity contribution in [2.24, 2.45) is 4.99 Å². The first kappa shape index (κ1) is 21.3. The van der Waals surface area contributed by atoms with Crippen molar-refractivity contribution < 1.29 is 19.7 Å². The van der Waals surface area contributed by atoms with Crippen LogP contribution in [0.4, 0.5) is 0 Å². The predicted octanol–water partition coefficient (Wildman–Crippen LogP) is 3.51. The van der Waals surface area contributed by atoms with E-state index in [0.717, 1.165) is 17.9 Å². The molecule has 156 valence electrons. The van der Waals surface area contributed by atoms with Crippen LogP contribution in [0.3, 0.4) is 0 Å². The zero-order valence-corrected chi connectivity index (χ0v) is 17.5. The fourth-order valence-corrected chi connectivity index (χ4v) is 4.21. The van der Waals surface area contributed by atoms with Crippen LogP contribution in [0.1, 0.15) is 38.3 Å². The Morgan fingerprint density at radius 2 is 1.41 bits per heavy atom. The summed E-state index contributed by atoms with van der Waals surface area (Å²) in [7, 11) is 0. The van der Waals surface area contributed by atoms with Crippen LogP contribution in [0.5, 0.6) is 11.5 Å². The summed E-state index contributed by atoms with van der Waals surface area (Å²) < 4.78 is 11.0. The molecule has 2 unspecified atom stereocenters. The second-order valence-corrected chi connectivity index (χ2v) is 7.99. The molecule has 1 heterocycles. The van der Waals surface area contributed by atoms with Crippen molar-refractivity contribution in [1.82, 2.24) is 0 Å². The highest BCUT2D eigenvalue weighted by atomic mass is 16.5. The van der Waals surface area contributed by atoms with Crippen LogP contribution in [-0.4, -0.2) is 48.9 Å². The number of rotatable bonds is 10. The number of hydrogen-bond acceptors (Lipinski definition) is 5. The molecule has 3 rings (SSSR count).